The van der Waals surface area contributed by atoms with E-state index < -0.39 is 17.0 Å². The molecule has 0 aliphatic rings. The first-order valence-corrected chi connectivity index (χ1v) is 5.57. The van der Waals surface area contributed by atoms with Crippen LogP contribution in [0.2, 0.25) is 0 Å². The van der Waals surface area contributed by atoms with Crippen molar-refractivity contribution in [3.8, 4) is 0 Å². The SMILES string of the molecule is O=C(O)C(I)Cc1ccc(B(O)O)cc1. The molecule has 1 atom stereocenters. The number of carboxylic acids is 1. The Morgan fingerprint density at radius 3 is 2.27 bits per heavy atom. The smallest absolute Gasteiger partial charge is 0.480 e. The lowest BCUT2D eigenvalue weighted by Gasteiger charge is -2.05. The summed E-state index contributed by atoms with van der Waals surface area (Å²) in [6, 6.07) is 6.54. The van der Waals surface area contributed by atoms with Crippen molar-refractivity contribution in [2.75, 3.05) is 0 Å². The molecular formula is C9H10BIO4. The molecule has 0 aliphatic carbocycles. The van der Waals surface area contributed by atoms with Gasteiger partial charge in [-0.2, -0.15) is 0 Å². The van der Waals surface area contributed by atoms with Crippen molar-refractivity contribution in [1.29, 1.82) is 0 Å². The number of hydrogen-bond donors (Lipinski definition) is 3. The van der Waals surface area contributed by atoms with Crippen LogP contribution in [0, 0.1) is 0 Å². The quantitative estimate of drug-likeness (QED) is 0.408. The molecule has 80 valence electrons. The number of hydrogen-bond acceptors (Lipinski definition) is 3. The second-order valence-electron chi connectivity index (χ2n) is 3.13. The van der Waals surface area contributed by atoms with Gasteiger partial charge in [0.05, 0.1) is 0 Å². The van der Waals surface area contributed by atoms with Gasteiger partial charge in [0.2, 0.25) is 0 Å². The molecule has 3 N–H and O–H groups in total. The Labute approximate surface area is 101 Å². The summed E-state index contributed by atoms with van der Waals surface area (Å²) < 4.78 is -0.465. The normalized spacial score (nSPS) is 12.2. The van der Waals surface area contributed by atoms with Gasteiger partial charge in [0.25, 0.3) is 0 Å². The summed E-state index contributed by atoms with van der Waals surface area (Å²) in [4.78, 5) is 10.6. The van der Waals surface area contributed by atoms with Gasteiger partial charge in [0.15, 0.2) is 0 Å². The summed E-state index contributed by atoms with van der Waals surface area (Å²) >= 11 is 1.86. The van der Waals surface area contributed by atoms with Crippen LogP contribution in [-0.2, 0) is 11.2 Å². The molecule has 1 aromatic carbocycles. The second-order valence-corrected chi connectivity index (χ2v) is 4.63. The molecule has 6 heteroatoms. The van der Waals surface area contributed by atoms with E-state index in [4.69, 9.17) is 15.2 Å². The minimum Gasteiger partial charge on any atom is -0.480 e. The summed E-state index contributed by atoms with van der Waals surface area (Å²) in [6.45, 7) is 0. The Bertz CT molecular complexity index is 338. The highest BCUT2D eigenvalue weighted by Crippen LogP contribution is 2.09. The highest BCUT2D eigenvalue weighted by atomic mass is 127. The molecular weight excluding hydrogens is 310 g/mol. The number of alkyl halides is 1. The first kappa shape index (κ1) is 12.5. The summed E-state index contributed by atoms with van der Waals surface area (Å²) in [5.41, 5.74) is 1.26. The van der Waals surface area contributed by atoms with Crippen LogP contribution in [0.1, 0.15) is 5.56 Å². The monoisotopic (exact) mass is 320 g/mol. The molecule has 1 unspecified atom stereocenters. The van der Waals surface area contributed by atoms with Crippen LogP contribution < -0.4 is 5.46 Å². The molecule has 0 aromatic heterocycles. The van der Waals surface area contributed by atoms with E-state index in [1.54, 1.807) is 24.3 Å². The van der Waals surface area contributed by atoms with Crippen molar-refractivity contribution in [2.24, 2.45) is 0 Å². The van der Waals surface area contributed by atoms with Crippen LogP contribution in [0.25, 0.3) is 0 Å². The maximum Gasteiger partial charge on any atom is 0.488 e. The lowest BCUT2D eigenvalue weighted by Crippen LogP contribution is -2.29. The summed E-state index contributed by atoms with van der Waals surface area (Å²) in [5.74, 6) is -0.845. The van der Waals surface area contributed by atoms with Crippen molar-refractivity contribution in [2.45, 2.75) is 10.3 Å². The molecule has 0 aliphatic heterocycles. The molecule has 0 heterocycles. The van der Waals surface area contributed by atoms with E-state index in [1.165, 1.54) is 0 Å². The average molecular weight is 320 g/mol. The number of carbonyl (C=O) groups is 1. The van der Waals surface area contributed by atoms with E-state index in [0.717, 1.165) is 5.56 Å². The van der Waals surface area contributed by atoms with Gasteiger partial charge in [-0.05, 0) is 17.4 Å². The molecule has 0 radical (unpaired) electrons. The fraction of sp³-hybridized carbons (Fsp3) is 0.222. The van der Waals surface area contributed by atoms with E-state index in [1.807, 2.05) is 22.6 Å². The number of carboxylic acid groups (broad SMARTS) is 1. The van der Waals surface area contributed by atoms with Gasteiger partial charge < -0.3 is 15.2 Å². The van der Waals surface area contributed by atoms with E-state index in [2.05, 4.69) is 0 Å². The van der Waals surface area contributed by atoms with Gasteiger partial charge in [-0.25, -0.2) is 0 Å². The average Bonchev–Trinajstić information content (AvgIpc) is 2.18. The Hall–Kier alpha value is -0.595. The standard InChI is InChI=1S/C9H10BIO4/c11-8(9(12)13)5-6-1-3-7(4-2-6)10(14)15/h1-4,8,14-15H,5H2,(H,12,13). The molecule has 0 saturated carbocycles. The fourth-order valence-corrected chi connectivity index (χ4v) is 1.63. The second kappa shape index (κ2) is 5.48. The van der Waals surface area contributed by atoms with Crippen LogP contribution in [0.15, 0.2) is 24.3 Å². The third-order valence-electron chi connectivity index (χ3n) is 1.96. The van der Waals surface area contributed by atoms with Crippen molar-refractivity contribution in [3.63, 3.8) is 0 Å². The van der Waals surface area contributed by atoms with Crippen LogP contribution >= 0.6 is 22.6 Å². The maximum absolute atomic E-state index is 10.6. The molecule has 0 spiro atoms. The first-order chi connectivity index (χ1) is 7.00. The Morgan fingerprint density at radius 1 is 1.33 bits per heavy atom. The maximum atomic E-state index is 10.6. The fourth-order valence-electron chi connectivity index (χ4n) is 1.12. The van der Waals surface area contributed by atoms with Crippen LogP contribution in [-0.4, -0.2) is 32.2 Å². The van der Waals surface area contributed by atoms with Crippen LogP contribution in [0.3, 0.4) is 0 Å². The number of aliphatic carboxylic acids is 1. The van der Waals surface area contributed by atoms with Gasteiger partial charge >= 0.3 is 13.1 Å². The molecule has 4 nitrogen and oxygen atoms in total. The topological polar surface area (TPSA) is 77.8 Å². The molecule has 1 rings (SSSR count). The predicted octanol–water partition coefficient (Wildman–Crippen LogP) is -0.203. The first-order valence-electron chi connectivity index (χ1n) is 4.32. The summed E-state index contributed by atoms with van der Waals surface area (Å²) in [5, 5.41) is 26.4. The summed E-state index contributed by atoms with van der Waals surface area (Å²) in [7, 11) is -1.48. The van der Waals surface area contributed by atoms with Crippen molar-refractivity contribution >= 4 is 41.1 Å². The van der Waals surface area contributed by atoms with Crippen molar-refractivity contribution in [1.82, 2.24) is 0 Å². The third-order valence-corrected chi connectivity index (χ3v) is 2.93. The van der Waals surface area contributed by atoms with Crippen molar-refractivity contribution < 1.29 is 19.9 Å². The number of benzene rings is 1. The van der Waals surface area contributed by atoms with Gasteiger partial charge in [0, 0.05) is 0 Å². The van der Waals surface area contributed by atoms with Crippen LogP contribution in [0.4, 0.5) is 0 Å². The number of rotatable bonds is 4. The zero-order valence-electron chi connectivity index (χ0n) is 7.80. The number of halogens is 1. The Kier molecular flexibility index (Phi) is 4.56. The minimum absolute atomic E-state index is 0.402. The molecule has 15 heavy (non-hydrogen) atoms. The highest BCUT2D eigenvalue weighted by molar-refractivity contribution is 14.1. The highest BCUT2D eigenvalue weighted by Gasteiger charge is 2.14. The van der Waals surface area contributed by atoms with Gasteiger partial charge in [-0.15, -0.1) is 0 Å². The largest absolute Gasteiger partial charge is 0.488 e. The lowest BCUT2D eigenvalue weighted by molar-refractivity contribution is -0.135. The molecule has 1 aromatic rings. The molecule has 0 saturated heterocycles. The van der Waals surface area contributed by atoms with Gasteiger partial charge in [-0.3, -0.25) is 4.79 Å². The van der Waals surface area contributed by atoms with Crippen molar-refractivity contribution in [3.05, 3.63) is 29.8 Å². The van der Waals surface area contributed by atoms with Gasteiger partial charge in [0.1, 0.15) is 3.92 Å². The lowest BCUT2D eigenvalue weighted by atomic mass is 9.80. The molecule has 0 amide bonds. The van der Waals surface area contributed by atoms with E-state index in [0.29, 0.717) is 11.9 Å². The molecule has 0 fully saturated rings. The van der Waals surface area contributed by atoms with Gasteiger partial charge in [-0.1, -0.05) is 46.9 Å². The third kappa shape index (κ3) is 3.81. The zero-order chi connectivity index (χ0) is 11.4. The van der Waals surface area contributed by atoms with E-state index >= 15 is 0 Å². The van der Waals surface area contributed by atoms with E-state index in [-0.39, 0.29) is 0 Å². The Morgan fingerprint density at radius 2 is 1.87 bits per heavy atom. The zero-order valence-corrected chi connectivity index (χ0v) is 9.96. The van der Waals surface area contributed by atoms with Crippen LogP contribution in [0.5, 0.6) is 0 Å². The molecule has 0 bridgehead atoms. The predicted molar refractivity (Wildman–Crippen MR) is 65.4 cm³/mol. The Balaban J connectivity index is 2.68. The van der Waals surface area contributed by atoms with E-state index in [9.17, 15) is 4.79 Å². The summed E-state index contributed by atoms with van der Waals surface area (Å²) in [6.07, 6.45) is 0.428. The minimum atomic E-state index is -1.48.